The maximum atomic E-state index is 14.4. The monoisotopic (exact) mass is 334 g/mol. The van der Waals surface area contributed by atoms with E-state index in [-0.39, 0.29) is 24.2 Å². The van der Waals surface area contributed by atoms with Crippen LogP contribution in [0.4, 0.5) is 17.6 Å². The van der Waals surface area contributed by atoms with Crippen LogP contribution in [0.2, 0.25) is 0 Å². The van der Waals surface area contributed by atoms with Crippen LogP contribution in [0.15, 0.2) is 12.1 Å². The lowest BCUT2D eigenvalue weighted by Crippen LogP contribution is -2.25. The van der Waals surface area contributed by atoms with Gasteiger partial charge >= 0.3 is 6.36 Å². The molecule has 7 heteroatoms. The minimum atomic E-state index is -5.00. The maximum Gasteiger partial charge on any atom is 0.573 e. The van der Waals surface area contributed by atoms with Crippen molar-refractivity contribution in [3.63, 3.8) is 0 Å². The van der Waals surface area contributed by atoms with Gasteiger partial charge in [-0.2, -0.15) is 4.39 Å². The van der Waals surface area contributed by atoms with Gasteiger partial charge in [0.15, 0.2) is 11.5 Å². The molecule has 0 radical (unpaired) electrons. The van der Waals surface area contributed by atoms with E-state index >= 15 is 0 Å². The highest BCUT2D eigenvalue weighted by Crippen LogP contribution is 2.41. The third-order valence-corrected chi connectivity index (χ3v) is 4.29. The second kappa shape index (κ2) is 6.45. The summed E-state index contributed by atoms with van der Waals surface area (Å²) in [7, 11) is 0. The topological polar surface area (TPSA) is 27.7 Å². The minimum absolute atomic E-state index is 0.148. The van der Waals surface area contributed by atoms with Gasteiger partial charge in [0.05, 0.1) is 12.7 Å². The Hall–Kier alpha value is -1.66. The van der Waals surface area contributed by atoms with E-state index in [0.717, 1.165) is 38.5 Å². The van der Waals surface area contributed by atoms with Crippen LogP contribution in [0.5, 0.6) is 17.2 Å². The highest BCUT2D eigenvalue weighted by atomic mass is 19.4. The van der Waals surface area contributed by atoms with Gasteiger partial charge in [-0.25, -0.2) is 0 Å². The smallest absolute Gasteiger partial charge is 0.489 e. The summed E-state index contributed by atoms with van der Waals surface area (Å²) in [6, 6.07) is 2.57. The van der Waals surface area contributed by atoms with Crippen LogP contribution in [0, 0.1) is 11.7 Å². The standard InChI is InChI=1S/C16H18F4O3/c17-14-12(22-11-5-2-6-11)7-8-13(15(14)23-16(18,19)20)21-9-10-3-1-4-10/h7-8,10-11H,1-6,9H2. The molecule has 0 saturated heterocycles. The van der Waals surface area contributed by atoms with E-state index in [0.29, 0.717) is 5.92 Å². The van der Waals surface area contributed by atoms with E-state index in [9.17, 15) is 17.6 Å². The van der Waals surface area contributed by atoms with Gasteiger partial charge in [0, 0.05) is 0 Å². The van der Waals surface area contributed by atoms with Gasteiger partial charge in [-0.15, -0.1) is 13.2 Å². The van der Waals surface area contributed by atoms with E-state index < -0.39 is 17.9 Å². The molecule has 2 aliphatic carbocycles. The van der Waals surface area contributed by atoms with Crippen LogP contribution in [-0.4, -0.2) is 19.1 Å². The lowest BCUT2D eigenvalue weighted by atomic mass is 9.86. The van der Waals surface area contributed by atoms with E-state index in [1.165, 1.54) is 12.1 Å². The quantitative estimate of drug-likeness (QED) is 0.697. The Morgan fingerprint density at radius 1 is 1.00 bits per heavy atom. The van der Waals surface area contributed by atoms with Gasteiger partial charge < -0.3 is 14.2 Å². The molecule has 2 saturated carbocycles. The van der Waals surface area contributed by atoms with Crippen LogP contribution in [-0.2, 0) is 0 Å². The van der Waals surface area contributed by atoms with Crippen LogP contribution >= 0.6 is 0 Å². The summed E-state index contributed by atoms with van der Waals surface area (Å²) in [5.41, 5.74) is 0. The van der Waals surface area contributed by atoms with E-state index in [1.54, 1.807) is 0 Å². The molecule has 0 bridgehead atoms. The first-order valence-corrected chi connectivity index (χ1v) is 7.80. The number of ether oxygens (including phenoxy) is 3. The number of hydrogen-bond donors (Lipinski definition) is 0. The first kappa shape index (κ1) is 16.2. The van der Waals surface area contributed by atoms with Crippen molar-refractivity contribution in [3.8, 4) is 17.2 Å². The molecule has 0 unspecified atom stereocenters. The Kier molecular flexibility index (Phi) is 4.55. The molecule has 1 aromatic carbocycles. The molecule has 128 valence electrons. The van der Waals surface area contributed by atoms with Crippen molar-refractivity contribution in [3.05, 3.63) is 17.9 Å². The third kappa shape index (κ3) is 4.00. The van der Waals surface area contributed by atoms with Crippen molar-refractivity contribution in [2.45, 2.75) is 51.0 Å². The summed E-state index contributed by atoms with van der Waals surface area (Å²) >= 11 is 0. The Balaban J connectivity index is 1.79. The predicted molar refractivity (Wildman–Crippen MR) is 74.2 cm³/mol. The zero-order valence-corrected chi connectivity index (χ0v) is 12.5. The van der Waals surface area contributed by atoms with E-state index in [2.05, 4.69) is 4.74 Å². The van der Waals surface area contributed by atoms with Crippen LogP contribution in [0.25, 0.3) is 0 Å². The summed E-state index contributed by atoms with van der Waals surface area (Å²) in [5.74, 6) is -2.28. The molecular formula is C16H18F4O3. The van der Waals surface area contributed by atoms with E-state index in [1.807, 2.05) is 0 Å². The van der Waals surface area contributed by atoms with Gasteiger partial charge in [0.25, 0.3) is 0 Å². The van der Waals surface area contributed by atoms with Gasteiger partial charge in [-0.3, -0.25) is 0 Å². The van der Waals surface area contributed by atoms with Gasteiger partial charge in [-0.1, -0.05) is 6.42 Å². The fourth-order valence-electron chi connectivity index (χ4n) is 2.47. The molecule has 23 heavy (non-hydrogen) atoms. The molecule has 0 atom stereocenters. The number of hydrogen-bond acceptors (Lipinski definition) is 3. The van der Waals surface area contributed by atoms with Crippen LogP contribution in [0.3, 0.4) is 0 Å². The highest BCUT2D eigenvalue weighted by Gasteiger charge is 2.36. The lowest BCUT2D eigenvalue weighted by Gasteiger charge is -2.28. The summed E-state index contributed by atoms with van der Waals surface area (Å²) in [5, 5.41) is 0. The predicted octanol–water partition coefficient (Wildman–Crippen LogP) is 4.83. The molecule has 0 N–H and O–H groups in total. The largest absolute Gasteiger partial charge is 0.573 e. The second-order valence-corrected chi connectivity index (χ2v) is 6.03. The van der Waals surface area contributed by atoms with Crippen molar-refractivity contribution < 1.29 is 31.8 Å². The Morgan fingerprint density at radius 3 is 2.17 bits per heavy atom. The summed E-state index contributed by atoms with van der Waals surface area (Å²) in [6.07, 6.45) is 0.406. The van der Waals surface area contributed by atoms with Crippen molar-refractivity contribution in [2.75, 3.05) is 6.61 Å². The third-order valence-electron chi connectivity index (χ3n) is 4.29. The summed E-state index contributed by atoms with van der Waals surface area (Å²) in [6.45, 7) is 0.260. The van der Waals surface area contributed by atoms with Gasteiger partial charge in [0.1, 0.15) is 0 Å². The molecule has 0 spiro atoms. The number of alkyl halides is 3. The zero-order valence-electron chi connectivity index (χ0n) is 12.5. The van der Waals surface area contributed by atoms with Crippen molar-refractivity contribution >= 4 is 0 Å². The molecule has 0 amide bonds. The Morgan fingerprint density at radius 2 is 1.65 bits per heavy atom. The average Bonchev–Trinajstić information content (AvgIpc) is 2.36. The molecule has 0 aliphatic heterocycles. The molecule has 2 fully saturated rings. The number of benzene rings is 1. The number of halogens is 4. The van der Waals surface area contributed by atoms with Crippen LogP contribution in [0.1, 0.15) is 38.5 Å². The molecule has 3 rings (SSSR count). The van der Waals surface area contributed by atoms with Crippen molar-refractivity contribution in [1.29, 1.82) is 0 Å². The summed E-state index contributed by atoms with van der Waals surface area (Å²) < 4.78 is 66.6. The molecule has 0 aromatic heterocycles. The maximum absolute atomic E-state index is 14.4. The normalized spacial score (nSPS) is 19.0. The molecule has 2 aliphatic rings. The highest BCUT2D eigenvalue weighted by molar-refractivity contribution is 5.47. The molecule has 1 aromatic rings. The Bertz CT molecular complexity index is 551. The van der Waals surface area contributed by atoms with Crippen molar-refractivity contribution in [1.82, 2.24) is 0 Å². The fourth-order valence-corrected chi connectivity index (χ4v) is 2.47. The molecule has 3 nitrogen and oxygen atoms in total. The molecular weight excluding hydrogens is 316 g/mol. The average molecular weight is 334 g/mol. The van der Waals surface area contributed by atoms with Crippen LogP contribution < -0.4 is 14.2 Å². The van der Waals surface area contributed by atoms with E-state index in [4.69, 9.17) is 9.47 Å². The second-order valence-electron chi connectivity index (χ2n) is 6.03. The lowest BCUT2D eigenvalue weighted by molar-refractivity contribution is -0.276. The first-order chi connectivity index (χ1) is 10.9. The molecule has 0 heterocycles. The first-order valence-electron chi connectivity index (χ1n) is 7.80. The fraction of sp³-hybridized carbons (Fsp3) is 0.625. The Labute approximate surface area is 131 Å². The number of rotatable bonds is 6. The zero-order chi connectivity index (χ0) is 16.4. The van der Waals surface area contributed by atoms with Gasteiger partial charge in [0.2, 0.25) is 11.6 Å². The minimum Gasteiger partial charge on any atom is -0.489 e. The van der Waals surface area contributed by atoms with Gasteiger partial charge in [-0.05, 0) is 50.2 Å². The summed E-state index contributed by atoms with van der Waals surface area (Å²) in [4.78, 5) is 0. The SMILES string of the molecule is Fc1c(OC2CCC2)ccc(OCC2CCC2)c1OC(F)(F)F. The van der Waals surface area contributed by atoms with Crippen molar-refractivity contribution in [2.24, 2.45) is 5.92 Å².